The van der Waals surface area contributed by atoms with Crippen molar-refractivity contribution in [2.45, 2.75) is 24.3 Å². The van der Waals surface area contributed by atoms with Gasteiger partial charge in [-0.1, -0.05) is 42.1 Å². The molecule has 0 aliphatic heterocycles. The molecule has 3 aromatic rings. The summed E-state index contributed by atoms with van der Waals surface area (Å²) in [6.45, 7) is 5.25. The van der Waals surface area contributed by atoms with Gasteiger partial charge >= 0.3 is 0 Å². The highest BCUT2D eigenvalue weighted by atomic mass is 32.2. The number of aromatic nitrogens is 3. The number of halogens is 1. The summed E-state index contributed by atoms with van der Waals surface area (Å²) in [7, 11) is 1.85. The number of hydrogen-bond donors (Lipinski definition) is 0. The molecule has 1 aromatic heterocycles. The van der Waals surface area contributed by atoms with E-state index in [0.29, 0.717) is 24.1 Å². The summed E-state index contributed by atoms with van der Waals surface area (Å²) in [6, 6.07) is 15.8. The zero-order valence-corrected chi connectivity index (χ0v) is 17.0. The molecule has 7 heteroatoms. The van der Waals surface area contributed by atoms with Crippen LogP contribution in [0.5, 0.6) is 0 Å². The first kappa shape index (κ1) is 20.1. The third-order valence-corrected chi connectivity index (χ3v) is 5.84. The molecule has 0 bridgehead atoms. The van der Waals surface area contributed by atoms with Gasteiger partial charge in [0.15, 0.2) is 11.0 Å². The molecule has 146 valence electrons. The van der Waals surface area contributed by atoms with Crippen molar-refractivity contribution >= 4 is 17.7 Å². The number of carbonyl (C=O) groups is 1. The molecule has 2 aromatic carbocycles. The largest absolute Gasteiger partial charge is 0.342 e. The topological polar surface area (TPSA) is 51.0 Å². The van der Waals surface area contributed by atoms with Gasteiger partial charge in [-0.2, -0.15) is 0 Å². The van der Waals surface area contributed by atoms with E-state index in [4.69, 9.17) is 0 Å². The first-order valence-electron chi connectivity index (χ1n) is 9.20. The fourth-order valence-electron chi connectivity index (χ4n) is 2.96. The van der Waals surface area contributed by atoms with Crippen LogP contribution in [-0.2, 0) is 11.8 Å². The summed E-state index contributed by atoms with van der Waals surface area (Å²) in [6.07, 6.45) is 0. The zero-order valence-electron chi connectivity index (χ0n) is 16.2. The van der Waals surface area contributed by atoms with Gasteiger partial charge in [0.2, 0.25) is 5.91 Å². The number of amides is 1. The van der Waals surface area contributed by atoms with Crippen LogP contribution in [0.25, 0.3) is 11.4 Å². The number of nitrogens with zero attached hydrogens (tertiary/aromatic N) is 4. The van der Waals surface area contributed by atoms with Crippen molar-refractivity contribution in [1.29, 1.82) is 0 Å². The van der Waals surface area contributed by atoms with Crippen LogP contribution < -0.4 is 0 Å². The van der Waals surface area contributed by atoms with Crippen molar-refractivity contribution in [3.05, 3.63) is 66.0 Å². The number of hydrogen-bond acceptors (Lipinski definition) is 4. The summed E-state index contributed by atoms with van der Waals surface area (Å²) in [4.78, 5) is 15.0. The fraction of sp³-hybridized carbons (Fsp3) is 0.286. The summed E-state index contributed by atoms with van der Waals surface area (Å²) >= 11 is 1.38. The highest BCUT2D eigenvalue weighted by Crippen LogP contribution is 2.36. The van der Waals surface area contributed by atoms with Crippen LogP contribution in [0.15, 0.2) is 59.8 Å². The Balaban J connectivity index is 1.93. The molecule has 0 spiro atoms. The zero-order chi connectivity index (χ0) is 20.1. The normalized spacial score (nSPS) is 12.0. The Morgan fingerprint density at radius 2 is 1.71 bits per heavy atom. The van der Waals surface area contributed by atoms with E-state index in [0.717, 1.165) is 11.1 Å². The Bertz CT molecular complexity index is 923. The summed E-state index contributed by atoms with van der Waals surface area (Å²) in [5.74, 6) is 0.381. The molecule has 0 aliphatic rings. The van der Waals surface area contributed by atoms with Gasteiger partial charge in [-0.05, 0) is 43.7 Å². The molecule has 0 saturated heterocycles. The lowest BCUT2D eigenvalue weighted by atomic mass is 10.1. The van der Waals surface area contributed by atoms with Crippen LogP contribution in [0.4, 0.5) is 4.39 Å². The number of likely N-dealkylation sites (N-methyl/N-ethyl adjacent to an activating group) is 1. The Labute approximate surface area is 168 Å². The number of carbonyl (C=O) groups excluding carboxylic acids is 1. The standard InChI is InChI=1S/C21H23FN4OS/c1-4-26(5-2)20(27)18(15-9-7-6-8-10-15)28-21-24-23-19(25(21)3)16-11-13-17(22)14-12-16/h6-14,18H,4-5H2,1-3H3/t18-/m1/s1. The second-order valence-electron chi connectivity index (χ2n) is 6.29. The van der Waals surface area contributed by atoms with Gasteiger partial charge in [-0.3, -0.25) is 4.79 Å². The average Bonchev–Trinajstić information content (AvgIpc) is 3.08. The van der Waals surface area contributed by atoms with Crippen molar-refractivity contribution in [3.63, 3.8) is 0 Å². The highest BCUT2D eigenvalue weighted by Gasteiger charge is 2.28. The van der Waals surface area contributed by atoms with E-state index in [1.165, 1.54) is 23.9 Å². The average molecular weight is 399 g/mol. The van der Waals surface area contributed by atoms with Crippen LogP contribution >= 0.6 is 11.8 Å². The summed E-state index contributed by atoms with van der Waals surface area (Å²) < 4.78 is 15.0. The fourth-order valence-corrected chi connectivity index (χ4v) is 4.05. The molecule has 0 unspecified atom stereocenters. The first-order valence-corrected chi connectivity index (χ1v) is 10.1. The molecule has 1 amide bonds. The van der Waals surface area contributed by atoms with Crippen LogP contribution in [0, 0.1) is 5.82 Å². The predicted octanol–water partition coefficient (Wildman–Crippen LogP) is 4.32. The SMILES string of the molecule is CCN(CC)C(=O)[C@H](Sc1nnc(-c2ccc(F)cc2)n1C)c1ccccc1. The maximum Gasteiger partial charge on any atom is 0.240 e. The van der Waals surface area contributed by atoms with E-state index >= 15 is 0 Å². The van der Waals surface area contributed by atoms with Gasteiger partial charge < -0.3 is 9.47 Å². The van der Waals surface area contributed by atoms with Crippen LogP contribution in [0.3, 0.4) is 0 Å². The predicted molar refractivity (Wildman–Crippen MR) is 109 cm³/mol. The molecule has 0 fully saturated rings. The molecule has 0 saturated carbocycles. The Morgan fingerprint density at radius 3 is 2.32 bits per heavy atom. The molecule has 1 atom stereocenters. The number of thioether (sulfide) groups is 1. The molecule has 1 heterocycles. The van der Waals surface area contributed by atoms with Crippen molar-refractivity contribution in [2.75, 3.05) is 13.1 Å². The van der Waals surface area contributed by atoms with Crippen molar-refractivity contribution in [2.24, 2.45) is 7.05 Å². The van der Waals surface area contributed by atoms with E-state index in [-0.39, 0.29) is 11.7 Å². The monoisotopic (exact) mass is 398 g/mol. The van der Waals surface area contributed by atoms with Crippen LogP contribution in [-0.4, -0.2) is 38.7 Å². The first-order chi connectivity index (χ1) is 13.5. The smallest absolute Gasteiger partial charge is 0.240 e. The minimum absolute atomic E-state index is 0.0486. The second kappa shape index (κ2) is 9.01. The Hall–Kier alpha value is -2.67. The van der Waals surface area contributed by atoms with Crippen molar-refractivity contribution in [1.82, 2.24) is 19.7 Å². The third-order valence-electron chi connectivity index (χ3n) is 4.56. The maximum absolute atomic E-state index is 13.2. The van der Waals surface area contributed by atoms with Gasteiger partial charge in [0.25, 0.3) is 0 Å². The van der Waals surface area contributed by atoms with E-state index in [2.05, 4.69) is 10.2 Å². The van der Waals surface area contributed by atoms with Crippen LogP contribution in [0.1, 0.15) is 24.7 Å². The quantitative estimate of drug-likeness (QED) is 0.556. The van der Waals surface area contributed by atoms with Gasteiger partial charge in [0.05, 0.1) is 0 Å². The molecule has 28 heavy (non-hydrogen) atoms. The molecule has 3 rings (SSSR count). The maximum atomic E-state index is 13.2. The van der Waals surface area contributed by atoms with E-state index in [1.807, 2.05) is 60.7 Å². The lowest BCUT2D eigenvalue weighted by Crippen LogP contribution is -2.34. The molecule has 0 aliphatic carbocycles. The van der Waals surface area contributed by atoms with Crippen molar-refractivity contribution < 1.29 is 9.18 Å². The van der Waals surface area contributed by atoms with E-state index in [1.54, 1.807) is 12.1 Å². The third kappa shape index (κ3) is 4.25. The lowest BCUT2D eigenvalue weighted by molar-refractivity contribution is -0.130. The minimum atomic E-state index is -0.412. The molecule has 0 radical (unpaired) electrons. The lowest BCUT2D eigenvalue weighted by Gasteiger charge is -2.24. The van der Waals surface area contributed by atoms with Gasteiger partial charge in [-0.25, -0.2) is 4.39 Å². The van der Waals surface area contributed by atoms with E-state index in [9.17, 15) is 9.18 Å². The van der Waals surface area contributed by atoms with E-state index < -0.39 is 5.25 Å². The highest BCUT2D eigenvalue weighted by molar-refractivity contribution is 8.00. The molecular formula is C21H23FN4OS. The minimum Gasteiger partial charge on any atom is -0.342 e. The molecule has 5 nitrogen and oxygen atoms in total. The Kier molecular flexibility index (Phi) is 6.46. The van der Waals surface area contributed by atoms with Gasteiger partial charge in [0.1, 0.15) is 11.1 Å². The molecule has 0 N–H and O–H groups in total. The molecular weight excluding hydrogens is 375 g/mol. The summed E-state index contributed by atoms with van der Waals surface area (Å²) in [5, 5.41) is 8.76. The van der Waals surface area contributed by atoms with Crippen molar-refractivity contribution in [3.8, 4) is 11.4 Å². The summed E-state index contributed by atoms with van der Waals surface area (Å²) in [5.41, 5.74) is 1.70. The number of benzene rings is 2. The van der Waals surface area contributed by atoms with Gasteiger partial charge in [0, 0.05) is 25.7 Å². The van der Waals surface area contributed by atoms with Gasteiger partial charge in [-0.15, -0.1) is 10.2 Å². The number of rotatable bonds is 7. The Morgan fingerprint density at radius 1 is 1.07 bits per heavy atom. The second-order valence-corrected chi connectivity index (χ2v) is 7.36. The van der Waals surface area contributed by atoms with Crippen LogP contribution in [0.2, 0.25) is 0 Å².